The summed E-state index contributed by atoms with van der Waals surface area (Å²) in [6, 6.07) is 79.0. The molecule has 0 aliphatic carbocycles. The summed E-state index contributed by atoms with van der Waals surface area (Å²) in [5.74, 6) is 0. The number of nitrogens with zero attached hydrogens (tertiary/aromatic N) is 3. The van der Waals surface area contributed by atoms with Crippen molar-refractivity contribution in [2.45, 2.75) is 0 Å². The van der Waals surface area contributed by atoms with E-state index < -0.39 is 0 Å². The third kappa shape index (κ3) is 5.71. The maximum Gasteiger partial charge on any atom is 0.300 e. The monoisotopic (exact) mass is 886 g/mol. The third-order valence-corrected chi connectivity index (χ3v) is 15.0. The van der Waals surface area contributed by atoms with Crippen LogP contribution in [0.15, 0.2) is 231 Å². The van der Waals surface area contributed by atoms with Crippen LogP contribution in [0.25, 0.3) is 142 Å². The lowest BCUT2D eigenvalue weighted by molar-refractivity contribution is 1.19. The average molecular weight is 887 g/mol. The minimum atomic E-state index is 1.12. The van der Waals surface area contributed by atoms with Crippen LogP contribution in [0.4, 0.5) is 0 Å². The average Bonchev–Trinajstić information content (AvgIpc) is 4.10. The summed E-state index contributed by atoms with van der Waals surface area (Å²) in [6.45, 7) is 0. The second-order valence-corrected chi connectivity index (χ2v) is 18.7. The smallest absolute Gasteiger partial charge is 0.300 e. The quantitative estimate of drug-likeness (QED) is 0.125. The summed E-state index contributed by atoms with van der Waals surface area (Å²) in [7, 11) is 0. The second kappa shape index (κ2) is 15.1. The molecule has 3 heterocycles. The van der Waals surface area contributed by atoms with E-state index in [9.17, 15) is 0 Å². The van der Waals surface area contributed by atoms with Gasteiger partial charge in [0.2, 0.25) is 0 Å². The van der Waals surface area contributed by atoms with Crippen molar-refractivity contribution in [2.24, 2.45) is 0 Å². The predicted molar refractivity (Wildman–Crippen MR) is 300 cm³/mol. The largest absolute Gasteiger partial charge is 0.309 e. The highest BCUT2D eigenvalue weighted by molar-refractivity contribution is 6.29. The molecule has 0 N–H and O–H groups in total. The van der Waals surface area contributed by atoms with Gasteiger partial charge in [-0.1, -0.05) is 158 Å². The Morgan fingerprint density at radius 3 is 1.40 bits per heavy atom. The molecule has 15 rings (SSSR count). The number of aromatic nitrogens is 2. The Morgan fingerprint density at radius 2 is 0.843 bits per heavy atom. The van der Waals surface area contributed by atoms with Crippen LogP contribution in [0, 0.1) is 0 Å². The van der Waals surface area contributed by atoms with Crippen molar-refractivity contribution >= 4 is 115 Å². The number of hydrogen-bond donors (Lipinski definition) is 0. The maximum absolute atomic E-state index is 4.50. The zero-order chi connectivity index (χ0) is 45.9. The van der Waals surface area contributed by atoms with Gasteiger partial charge >= 0.3 is 0 Å². The number of para-hydroxylation sites is 1. The molecule has 3 heteroatoms. The number of rotatable bonds is 5. The molecule has 14 aromatic rings. The third-order valence-electron chi connectivity index (χ3n) is 15.0. The Morgan fingerprint density at radius 1 is 0.343 bits per heavy atom. The molecule has 0 radical (unpaired) electrons. The van der Waals surface area contributed by atoms with Crippen molar-refractivity contribution in [1.82, 2.24) is 14.2 Å². The van der Waals surface area contributed by atoms with Crippen molar-refractivity contribution in [3.8, 4) is 39.1 Å². The van der Waals surface area contributed by atoms with Crippen molar-refractivity contribution < 1.29 is 0 Å². The summed E-state index contributed by atoms with van der Waals surface area (Å²) in [5.41, 5.74) is 13.0. The summed E-state index contributed by atoms with van der Waals surface area (Å²) in [5, 5.41) is 19.8. The van der Waals surface area contributed by atoms with Gasteiger partial charge < -0.3 is 4.57 Å². The molecule has 0 spiro atoms. The van der Waals surface area contributed by atoms with Crippen LogP contribution in [-0.2, 0) is 0 Å². The van der Waals surface area contributed by atoms with Gasteiger partial charge in [-0.05, 0) is 158 Å². The fraction of sp³-hybridized carbons (Fsp3) is 0. The Bertz CT molecular complexity index is 4670. The van der Waals surface area contributed by atoms with Gasteiger partial charge in [-0.25, -0.2) is 0 Å². The van der Waals surface area contributed by atoms with Crippen LogP contribution < -0.4 is 4.67 Å². The fourth-order valence-electron chi connectivity index (χ4n) is 11.8. The molecule has 3 nitrogen and oxygen atoms in total. The zero-order valence-electron chi connectivity index (χ0n) is 37.9. The first-order valence-corrected chi connectivity index (χ1v) is 24.0. The van der Waals surface area contributed by atoms with Gasteiger partial charge in [0.25, 0.3) is 12.4 Å². The van der Waals surface area contributed by atoms with Gasteiger partial charge in [0, 0.05) is 45.9 Å². The molecule has 0 saturated carbocycles. The van der Waals surface area contributed by atoms with Crippen LogP contribution in [0.5, 0.6) is 0 Å². The molecule has 0 fully saturated rings. The Labute approximate surface area is 402 Å². The normalized spacial score (nSPS) is 12.6. The molecule has 0 unspecified atom stereocenters. The SMILES string of the molecule is C1=[N+]=CC(c2cc3c4ccccc4c(-c4ccc5c(ccc6c7ccc(-c8cc9c%10ccccc%10c(-c%10cccnc%10)cc9c9ccccc89)cc7n(-c7ccccc7)c56)c4)cc3c3ccccc23)=C1. The molecule has 1 aliphatic rings. The minimum absolute atomic E-state index is 1.12. The van der Waals surface area contributed by atoms with E-state index in [0.717, 1.165) is 16.8 Å². The van der Waals surface area contributed by atoms with Gasteiger partial charge in [0.1, 0.15) is 0 Å². The Hall–Kier alpha value is -9.40. The van der Waals surface area contributed by atoms with E-state index >= 15 is 0 Å². The van der Waals surface area contributed by atoms with Crippen LogP contribution in [0.1, 0.15) is 5.56 Å². The number of allylic oxidation sites excluding steroid dienone is 2. The van der Waals surface area contributed by atoms with Gasteiger partial charge in [-0.15, -0.1) is 4.67 Å². The van der Waals surface area contributed by atoms with E-state index in [1.807, 2.05) is 30.9 Å². The molecule has 0 atom stereocenters. The molecular formula is C67H40N3+. The zero-order valence-corrected chi connectivity index (χ0v) is 37.9. The summed E-state index contributed by atoms with van der Waals surface area (Å²) < 4.78 is 6.92. The van der Waals surface area contributed by atoms with Crippen molar-refractivity contribution in [2.75, 3.05) is 0 Å². The van der Waals surface area contributed by atoms with Gasteiger partial charge in [0.05, 0.1) is 16.6 Å². The van der Waals surface area contributed by atoms with Gasteiger partial charge in [-0.2, -0.15) is 0 Å². The highest BCUT2D eigenvalue weighted by atomic mass is 15.0. The van der Waals surface area contributed by atoms with Crippen LogP contribution >= 0.6 is 0 Å². The Kier molecular flexibility index (Phi) is 8.32. The number of pyridine rings is 1. The first-order chi connectivity index (χ1) is 34.7. The standard InChI is InChI=1S/C67H40N3/c1-2-14-46(15-3-1)70-66-34-43(59-36-63-54-22-10-6-18-50(54)60(44-13-12-31-68-39-44)37-64(63)53-21-9-5-17-49(53)59)25-28-56(66)57-29-26-41-33-42(24-27-47(41)67(57)70)58-35-62-55-23-11-7-19-51(55)61(45-30-32-69-40-45)38-65(62)52-20-8-4-16-48(52)58/h1-40H/q+1. The predicted octanol–water partition coefficient (Wildman–Crippen LogP) is 16.9. The van der Waals surface area contributed by atoms with Crippen LogP contribution in [-0.4, -0.2) is 22.0 Å². The molecule has 1 aliphatic heterocycles. The molecule has 322 valence electrons. The lowest BCUT2D eigenvalue weighted by Gasteiger charge is -2.16. The number of benzene rings is 12. The van der Waals surface area contributed by atoms with E-state index in [-0.39, 0.29) is 0 Å². The van der Waals surface area contributed by atoms with Crippen molar-refractivity contribution in [3.05, 3.63) is 236 Å². The van der Waals surface area contributed by atoms with E-state index in [0.29, 0.717) is 0 Å². The first-order valence-electron chi connectivity index (χ1n) is 24.0. The van der Waals surface area contributed by atoms with Gasteiger partial charge in [-0.3, -0.25) is 4.98 Å². The summed E-state index contributed by atoms with van der Waals surface area (Å²) in [6.07, 6.45) is 9.78. The summed E-state index contributed by atoms with van der Waals surface area (Å²) >= 11 is 0. The maximum atomic E-state index is 4.50. The molecule has 0 amide bonds. The van der Waals surface area contributed by atoms with Crippen LogP contribution in [0.2, 0.25) is 0 Å². The highest BCUT2D eigenvalue weighted by Crippen LogP contribution is 2.46. The van der Waals surface area contributed by atoms with E-state index in [1.165, 1.54) is 131 Å². The van der Waals surface area contributed by atoms with E-state index in [2.05, 4.69) is 227 Å². The molecule has 12 aromatic carbocycles. The lowest BCUT2D eigenvalue weighted by atomic mass is 9.87. The Balaban J connectivity index is 0.949. The topological polar surface area (TPSA) is 31.9 Å². The highest BCUT2D eigenvalue weighted by Gasteiger charge is 2.21. The molecule has 0 bridgehead atoms. The van der Waals surface area contributed by atoms with Crippen molar-refractivity contribution in [1.29, 1.82) is 0 Å². The van der Waals surface area contributed by atoms with Gasteiger partial charge in [0.15, 0.2) is 0 Å². The van der Waals surface area contributed by atoms with E-state index in [1.54, 1.807) is 0 Å². The lowest BCUT2D eigenvalue weighted by Crippen LogP contribution is -1.95. The molecule has 2 aromatic heterocycles. The fourth-order valence-corrected chi connectivity index (χ4v) is 11.8. The molecule has 0 saturated heterocycles. The number of fused-ring (bicyclic) bond motifs is 15. The second-order valence-electron chi connectivity index (χ2n) is 18.7. The van der Waals surface area contributed by atoms with E-state index in [4.69, 9.17) is 0 Å². The van der Waals surface area contributed by atoms with Crippen molar-refractivity contribution in [3.63, 3.8) is 0 Å². The summed E-state index contributed by atoms with van der Waals surface area (Å²) in [4.78, 5) is 4.50. The first kappa shape index (κ1) is 38.7. The number of hydrogen-bond acceptors (Lipinski definition) is 1. The molecule has 70 heavy (non-hydrogen) atoms. The molecular weight excluding hydrogens is 847 g/mol. The van der Waals surface area contributed by atoms with Crippen LogP contribution in [0.3, 0.4) is 0 Å². The minimum Gasteiger partial charge on any atom is -0.309 e.